The first kappa shape index (κ1) is 6.63. The van der Waals surface area contributed by atoms with E-state index in [2.05, 4.69) is 9.97 Å². The molecule has 0 bridgehead atoms. The van der Waals surface area contributed by atoms with E-state index in [9.17, 15) is 10.0 Å². The van der Waals surface area contributed by atoms with Crippen LogP contribution in [0.25, 0.3) is 0 Å². The molecule has 0 aliphatic carbocycles. The van der Waals surface area contributed by atoms with Crippen LogP contribution in [0.4, 0.5) is 0 Å². The van der Waals surface area contributed by atoms with Crippen molar-refractivity contribution in [1.82, 2.24) is 15.4 Å². The molecule has 0 radical (unpaired) electrons. The third kappa shape index (κ3) is 1.26. The Morgan fingerprint density at radius 3 is 2.90 bits per heavy atom. The number of nitrogens with zero attached hydrogens (tertiary/aromatic N) is 2. The molecule has 0 aliphatic heterocycles. The van der Waals surface area contributed by atoms with Crippen molar-refractivity contribution in [2.75, 3.05) is 0 Å². The molecule has 1 heterocycles. The monoisotopic (exact) mass is 138 g/mol. The van der Waals surface area contributed by atoms with Crippen molar-refractivity contribution in [2.24, 2.45) is 0 Å². The van der Waals surface area contributed by atoms with Gasteiger partial charge in [0.15, 0.2) is 0 Å². The van der Waals surface area contributed by atoms with Gasteiger partial charge >= 0.3 is 0 Å². The Balaban J connectivity index is 2.85. The average molecular weight is 138 g/mol. The van der Waals surface area contributed by atoms with Gasteiger partial charge in [0.1, 0.15) is 5.69 Å². The van der Waals surface area contributed by atoms with Gasteiger partial charge in [0.05, 0.1) is 6.20 Å². The minimum atomic E-state index is -0.770. The summed E-state index contributed by atoms with van der Waals surface area (Å²) in [7, 11) is 0. The average Bonchev–Trinajstić information content (AvgIpc) is 2.05. The molecule has 52 valence electrons. The van der Waals surface area contributed by atoms with Crippen LogP contribution < -0.4 is 5.48 Å². The number of carbonyl (C=O) groups excluding carboxylic acids is 1. The van der Waals surface area contributed by atoms with Gasteiger partial charge in [-0.1, -0.05) is 0 Å². The maximum Gasteiger partial charge on any atom is 0.260 e. The molecule has 0 aliphatic rings. The summed E-state index contributed by atoms with van der Waals surface area (Å²) in [4.78, 5) is 17.7. The summed E-state index contributed by atoms with van der Waals surface area (Å²) >= 11 is 0. The number of amides is 1. The summed E-state index contributed by atoms with van der Waals surface area (Å²) in [5, 5.41) is 9.76. The Kier molecular flexibility index (Phi) is 1.91. The number of hydroxylamine groups is 1. The summed E-state index contributed by atoms with van der Waals surface area (Å²) in [6, 6.07) is 0. The van der Waals surface area contributed by atoms with Crippen molar-refractivity contribution in [3.8, 4) is 0 Å². The van der Waals surface area contributed by atoms with Crippen LogP contribution in [-0.4, -0.2) is 15.9 Å². The van der Waals surface area contributed by atoms with Crippen LogP contribution >= 0.6 is 0 Å². The van der Waals surface area contributed by atoms with Gasteiger partial charge in [-0.25, -0.2) is 4.98 Å². The van der Waals surface area contributed by atoms with Gasteiger partial charge in [0.2, 0.25) is 0 Å². The second-order valence-corrected chi connectivity index (χ2v) is 1.52. The second-order valence-electron chi connectivity index (χ2n) is 1.52. The predicted octanol–water partition coefficient (Wildman–Crippen LogP) is -0.296. The van der Waals surface area contributed by atoms with E-state index in [0.29, 0.717) is 0 Å². The molecule has 10 heavy (non-hydrogen) atoms. The van der Waals surface area contributed by atoms with Gasteiger partial charge in [-0.2, -0.15) is 0 Å². The third-order valence-electron chi connectivity index (χ3n) is 0.889. The number of hydrogen-bond acceptors (Lipinski definition) is 4. The Morgan fingerprint density at radius 1 is 1.60 bits per heavy atom. The highest BCUT2D eigenvalue weighted by Crippen LogP contribution is 1.87. The Hall–Kier alpha value is -1.49. The molecule has 0 atom stereocenters. The number of hydrogen-bond donors (Lipinski definition) is 1. The molecule has 1 amide bonds. The van der Waals surface area contributed by atoms with Gasteiger partial charge in [-0.15, -0.1) is 0 Å². The van der Waals surface area contributed by atoms with Gasteiger partial charge in [0, 0.05) is 12.4 Å². The lowest BCUT2D eigenvalue weighted by molar-refractivity contribution is 0.0965. The summed E-state index contributed by atoms with van der Waals surface area (Å²) < 4.78 is 0. The Morgan fingerprint density at radius 2 is 2.40 bits per heavy atom. The van der Waals surface area contributed by atoms with Crippen LogP contribution in [0.5, 0.6) is 0 Å². The van der Waals surface area contributed by atoms with Crippen molar-refractivity contribution in [2.45, 2.75) is 0 Å². The third-order valence-corrected chi connectivity index (χ3v) is 0.889. The first-order chi connectivity index (χ1) is 4.84. The molecule has 0 unspecified atom stereocenters. The maximum absolute atomic E-state index is 10.5. The molecule has 0 saturated heterocycles. The van der Waals surface area contributed by atoms with E-state index in [0.717, 1.165) is 0 Å². The molecular formula is C5H4N3O2-. The molecule has 1 aromatic rings. The smallest absolute Gasteiger partial charge is 0.260 e. The van der Waals surface area contributed by atoms with E-state index in [1.54, 1.807) is 0 Å². The topological polar surface area (TPSA) is 77.9 Å². The lowest BCUT2D eigenvalue weighted by atomic mass is 10.4. The maximum atomic E-state index is 10.5. The van der Waals surface area contributed by atoms with Gasteiger partial charge < -0.3 is 10.7 Å². The van der Waals surface area contributed by atoms with Crippen LogP contribution in [-0.2, 0) is 0 Å². The summed E-state index contributed by atoms with van der Waals surface area (Å²) in [5.74, 6) is -0.770. The highest BCUT2D eigenvalue weighted by molar-refractivity contribution is 5.91. The predicted molar refractivity (Wildman–Crippen MR) is 32.9 cm³/mol. The van der Waals surface area contributed by atoms with Crippen LogP contribution in [0.3, 0.4) is 0 Å². The number of nitrogens with one attached hydrogen (secondary N) is 1. The minimum absolute atomic E-state index is 0.0255. The molecule has 0 saturated carbocycles. The van der Waals surface area contributed by atoms with Crippen molar-refractivity contribution in [1.29, 1.82) is 0 Å². The normalized spacial score (nSPS) is 8.90. The van der Waals surface area contributed by atoms with Gasteiger partial charge in [0.25, 0.3) is 5.91 Å². The fourth-order valence-electron chi connectivity index (χ4n) is 0.469. The zero-order chi connectivity index (χ0) is 7.40. The van der Waals surface area contributed by atoms with E-state index >= 15 is 0 Å². The van der Waals surface area contributed by atoms with Gasteiger partial charge in [-0.3, -0.25) is 9.78 Å². The summed E-state index contributed by atoms with van der Waals surface area (Å²) in [5.41, 5.74) is 1.22. The number of carbonyl (C=O) groups is 1. The summed E-state index contributed by atoms with van der Waals surface area (Å²) in [6.45, 7) is 0. The molecule has 5 nitrogen and oxygen atoms in total. The lowest BCUT2D eigenvalue weighted by Gasteiger charge is -2.04. The molecule has 1 N–H and O–H groups in total. The van der Waals surface area contributed by atoms with E-state index < -0.39 is 5.91 Å². The highest BCUT2D eigenvalue weighted by atomic mass is 16.5. The molecule has 5 heteroatoms. The van der Waals surface area contributed by atoms with E-state index in [-0.39, 0.29) is 5.69 Å². The van der Waals surface area contributed by atoms with Gasteiger partial charge in [-0.05, 0) is 0 Å². The molecule has 1 aromatic heterocycles. The van der Waals surface area contributed by atoms with Crippen molar-refractivity contribution < 1.29 is 4.79 Å². The molecule has 0 spiro atoms. The SMILES string of the molecule is O=C(N[O-])c1cnccn1. The number of rotatable bonds is 1. The molecule has 0 aromatic carbocycles. The fourth-order valence-corrected chi connectivity index (χ4v) is 0.469. The molecule has 1 rings (SSSR count). The highest BCUT2D eigenvalue weighted by Gasteiger charge is 1.98. The van der Waals surface area contributed by atoms with Crippen LogP contribution in [0.15, 0.2) is 18.6 Å². The van der Waals surface area contributed by atoms with E-state index in [1.807, 2.05) is 0 Å². The quantitative estimate of drug-likeness (QED) is 0.540. The standard InChI is InChI=1S/C5H4N3O2/c9-5(8-10)4-3-6-1-2-7-4/h1-3H,(H-,6,7,8,9,10)/q-1. The zero-order valence-corrected chi connectivity index (χ0v) is 4.94. The minimum Gasteiger partial charge on any atom is -0.759 e. The largest absolute Gasteiger partial charge is 0.759 e. The first-order valence-corrected chi connectivity index (χ1v) is 2.53. The first-order valence-electron chi connectivity index (χ1n) is 2.53. The zero-order valence-electron chi connectivity index (χ0n) is 4.94. The lowest BCUT2D eigenvalue weighted by Crippen LogP contribution is -2.17. The van der Waals surface area contributed by atoms with Crippen LogP contribution in [0, 0.1) is 5.21 Å². The van der Waals surface area contributed by atoms with E-state index in [4.69, 9.17) is 0 Å². The Bertz CT molecular complexity index is 224. The molecule has 0 fully saturated rings. The van der Waals surface area contributed by atoms with E-state index in [1.165, 1.54) is 24.1 Å². The van der Waals surface area contributed by atoms with Crippen molar-refractivity contribution >= 4 is 5.91 Å². The number of aromatic nitrogens is 2. The van der Waals surface area contributed by atoms with Crippen molar-refractivity contribution in [3.63, 3.8) is 0 Å². The van der Waals surface area contributed by atoms with Crippen molar-refractivity contribution in [3.05, 3.63) is 29.5 Å². The molecular weight excluding hydrogens is 134 g/mol. The fraction of sp³-hybridized carbons (Fsp3) is 0. The Labute approximate surface area is 56.7 Å². The summed E-state index contributed by atoms with van der Waals surface area (Å²) in [6.07, 6.45) is 3.97. The van der Waals surface area contributed by atoms with Crippen LogP contribution in [0.1, 0.15) is 10.5 Å². The second kappa shape index (κ2) is 2.88. The van der Waals surface area contributed by atoms with Crippen LogP contribution in [0.2, 0.25) is 0 Å².